The third-order valence-electron chi connectivity index (χ3n) is 4.91. The van der Waals surface area contributed by atoms with Gasteiger partial charge in [-0.15, -0.1) is 0 Å². The summed E-state index contributed by atoms with van der Waals surface area (Å²) in [5.41, 5.74) is 10.6. The number of ether oxygens (including phenoxy) is 1. The first kappa shape index (κ1) is 16.6. The molecule has 0 spiro atoms. The van der Waals surface area contributed by atoms with Gasteiger partial charge >= 0.3 is 0 Å². The van der Waals surface area contributed by atoms with Gasteiger partial charge in [-0.25, -0.2) is 0 Å². The van der Waals surface area contributed by atoms with Crippen molar-refractivity contribution in [3.63, 3.8) is 0 Å². The van der Waals surface area contributed by atoms with E-state index in [9.17, 15) is 4.79 Å². The summed E-state index contributed by atoms with van der Waals surface area (Å²) in [6, 6.07) is 9.86. The van der Waals surface area contributed by atoms with Gasteiger partial charge in [-0.2, -0.15) is 0 Å². The number of pyridine rings is 2. The van der Waals surface area contributed by atoms with Gasteiger partial charge in [-0.1, -0.05) is 0 Å². The highest BCUT2D eigenvalue weighted by Gasteiger charge is 2.16. The molecule has 6 heteroatoms. The molecule has 2 aromatic heterocycles. The van der Waals surface area contributed by atoms with Crippen LogP contribution in [0.3, 0.4) is 0 Å². The molecule has 2 heterocycles. The first-order chi connectivity index (χ1) is 12.6. The number of methoxy groups -OCH3 is 1. The van der Waals surface area contributed by atoms with E-state index in [2.05, 4.69) is 21.4 Å². The molecule has 0 saturated heterocycles. The van der Waals surface area contributed by atoms with Gasteiger partial charge in [-0.05, 0) is 54.5 Å². The lowest BCUT2D eigenvalue weighted by Gasteiger charge is -2.21. The molecule has 1 aromatic carbocycles. The number of aromatic amines is 1. The van der Waals surface area contributed by atoms with Crippen LogP contribution in [0.25, 0.3) is 10.9 Å². The van der Waals surface area contributed by atoms with Crippen molar-refractivity contribution in [2.45, 2.75) is 31.8 Å². The Hall–Kier alpha value is -2.86. The lowest BCUT2D eigenvalue weighted by Crippen LogP contribution is -2.28. The highest BCUT2D eigenvalue weighted by Crippen LogP contribution is 2.22. The van der Waals surface area contributed by atoms with Crippen LogP contribution in [0.15, 0.2) is 41.3 Å². The van der Waals surface area contributed by atoms with Crippen molar-refractivity contribution in [3.05, 3.63) is 63.7 Å². The van der Waals surface area contributed by atoms with Crippen LogP contribution >= 0.6 is 0 Å². The van der Waals surface area contributed by atoms with Crippen LogP contribution in [0, 0.1) is 0 Å². The zero-order valence-electron chi connectivity index (χ0n) is 14.7. The van der Waals surface area contributed by atoms with Gasteiger partial charge in [0.2, 0.25) is 0 Å². The second kappa shape index (κ2) is 6.80. The first-order valence-corrected chi connectivity index (χ1v) is 8.79. The number of hydrogen-bond donors (Lipinski definition) is 3. The third kappa shape index (κ3) is 3.28. The van der Waals surface area contributed by atoms with E-state index in [4.69, 9.17) is 10.5 Å². The maximum Gasteiger partial charge on any atom is 0.253 e. The number of aryl methyl sites for hydroxylation is 1. The molecule has 4 N–H and O–H groups in total. The number of benzene rings is 1. The molecule has 1 atom stereocenters. The van der Waals surface area contributed by atoms with Gasteiger partial charge in [0.15, 0.2) is 0 Å². The summed E-state index contributed by atoms with van der Waals surface area (Å²) in [5, 5.41) is 4.28. The van der Waals surface area contributed by atoms with Crippen LogP contribution in [-0.4, -0.2) is 23.1 Å². The first-order valence-electron chi connectivity index (χ1n) is 8.79. The summed E-state index contributed by atoms with van der Waals surface area (Å²) in [4.78, 5) is 19.8. The van der Waals surface area contributed by atoms with Crippen molar-refractivity contribution in [3.8, 4) is 5.75 Å². The topological polar surface area (TPSA) is 93.0 Å². The zero-order valence-corrected chi connectivity index (χ0v) is 14.7. The van der Waals surface area contributed by atoms with Crippen LogP contribution in [-0.2, 0) is 19.4 Å². The fourth-order valence-electron chi connectivity index (χ4n) is 3.42. The predicted molar refractivity (Wildman–Crippen MR) is 103 cm³/mol. The highest BCUT2D eigenvalue weighted by atomic mass is 16.5. The maximum atomic E-state index is 12.4. The number of aromatic nitrogens is 2. The standard InChI is InChI=1S/C20H22N4O2/c1-26-17-4-2-12-6-14(20(25)24-19(12)9-17)10-22-16-8-13-7-15(21)3-5-18(13)23-11-16/h2,4,6,8-9,11,15,22H,3,5,7,10,21H2,1H3,(H,24,25). The number of anilines is 1. The van der Waals surface area contributed by atoms with Gasteiger partial charge in [-0.3, -0.25) is 9.78 Å². The molecular formula is C20H22N4O2. The van der Waals surface area contributed by atoms with Crippen molar-refractivity contribution < 1.29 is 4.74 Å². The fraction of sp³-hybridized carbons (Fsp3) is 0.300. The summed E-state index contributed by atoms with van der Waals surface area (Å²) in [5.74, 6) is 0.720. The monoisotopic (exact) mass is 350 g/mol. The molecule has 1 aliphatic rings. The molecule has 6 nitrogen and oxygen atoms in total. The minimum Gasteiger partial charge on any atom is -0.497 e. The average Bonchev–Trinajstić information content (AvgIpc) is 2.65. The van der Waals surface area contributed by atoms with E-state index in [1.165, 1.54) is 5.56 Å². The molecule has 0 fully saturated rings. The number of nitrogens with one attached hydrogen (secondary N) is 2. The number of nitrogens with two attached hydrogens (primary N) is 1. The molecule has 1 unspecified atom stereocenters. The summed E-state index contributed by atoms with van der Waals surface area (Å²) in [7, 11) is 1.61. The number of nitrogens with zero attached hydrogens (tertiary/aromatic N) is 1. The average molecular weight is 350 g/mol. The van der Waals surface area contributed by atoms with Crippen LogP contribution in [0.1, 0.15) is 23.2 Å². The number of fused-ring (bicyclic) bond motifs is 2. The molecule has 0 bridgehead atoms. The Kier molecular flexibility index (Phi) is 4.34. The van der Waals surface area contributed by atoms with E-state index < -0.39 is 0 Å². The largest absolute Gasteiger partial charge is 0.497 e. The van der Waals surface area contributed by atoms with Gasteiger partial charge in [0, 0.05) is 29.9 Å². The van der Waals surface area contributed by atoms with Crippen LogP contribution < -0.4 is 21.3 Å². The minimum atomic E-state index is -0.105. The van der Waals surface area contributed by atoms with E-state index in [1.807, 2.05) is 30.5 Å². The van der Waals surface area contributed by atoms with E-state index in [-0.39, 0.29) is 11.6 Å². The zero-order chi connectivity index (χ0) is 18.1. The Bertz CT molecular complexity index is 1010. The summed E-state index contributed by atoms with van der Waals surface area (Å²) >= 11 is 0. The molecular weight excluding hydrogens is 328 g/mol. The van der Waals surface area contributed by atoms with Crippen molar-refractivity contribution in [2.24, 2.45) is 5.73 Å². The quantitative estimate of drug-likeness (QED) is 0.672. The lowest BCUT2D eigenvalue weighted by molar-refractivity contribution is 0.415. The summed E-state index contributed by atoms with van der Waals surface area (Å²) in [6.45, 7) is 0.434. The van der Waals surface area contributed by atoms with Crippen molar-refractivity contribution in [1.29, 1.82) is 0 Å². The molecule has 3 aromatic rings. The van der Waals surface area contributed by atoms with E-state index >= 15 is 0 Å². The third-order valence-corrected chi connectivity index (χ3v) is 4.91. The molecule has 26 heavy (non-hydrogen) atoms. The van der Waals surface area contributed by atoms with Crippen molar-refractivity contribution in [2.75, 3.05) is 12.4 Å². The van der Waals surface area contributed by atoms with Crippen LogP contribution in [0.4, 0.5) is 5.69 Å². The van der Waals surface area contributed by atoms with Crippen LogP contribution in [0.2, 0.25) is 0 Å². The molecule has 0 radical (unpaired) electrons. The second-order valence-corrected chi connectivity index (χ2v) is 6.76. The molecule has 134 valence electrons. The Morgan fingerprint density at radius 1 is 1.35 bits per heavy atom. The second-order valence-electron chi connectivity index (χ2n) is 6.76. The number of H-pyrrole nitrogens is 1. The smallest absolute Gasteiger partial charge is 0.253 e. The molecule has 1 aliphatic carbocycles. The fourth-order valence-corrected chi connectivity index (χ4v) is 3.42. The van der Waals surface area contributed by atoms with Gasteiger partial charge in [0.25, 0.3) is 5.56 Å². The number of rotatable bonds is 4. The van der Waals surface area contributed by atoms with Crippen molar-refractivity contribution in [1.82, 2.24) is 9.97 Å². The molecule has 0 saturated carbocycles. The van der Waals surface area contributed by atoms with Crippen molar-refractivity contribution >= 4 is 16.6 Å². The minimum absolute atomic E-state index is 0.105. The maximum absolute atomic E-state index is 12.4. The van der Waals surface area contributed by atoms with E-state index in [1.54, 1.807) is 7.11 Å². The van der Waals surface area contributed by atoms with E-state index in [0.29, 0.717) is 12.1 Å². The Morgan fingerprint density at radius 3 is 3.08 bits per heavy atom. The highest BCUT2D eigenvalue weighted by molar-refractivity contribution is 5.80. The van der Waals surface area contributed by atoms with Crippen LogP contribution in [0.5, 0.6) is 5.75 Å². The summed E-state index contributed by atoms with van der Waals surface area (Å²) in [6.07, 6.45) is 4.61. The molecule has 0 aliphatic heterocycles. The summed E-state index contributed by atoms with van der Waals surface area (Å²) < 4.78 is 5.20. The van der Waals surface area contributed by atoms with Gasteiger partial charge in [0.1, 0.15) is 5.75 Å². The number of hydrogen-bond acceptors (Lipinski definition) is 5. The van der Waals surface area contributed by atoms with Gasteiger partial charge in [0.05, 0.1) is 24.5 Å². The Labute approximate surface area is 151 Å². The predicted octanol–water partition coefficient (Wildman–Crippen LogP) is 2.36. The normalized spacial score (nSPS) is 16.3. The Balaban J connectivity index is 1.55. The molecule has 4 rings (SSSR count). The van der Waals surface area contributed by atoms with E-state index in [0.717, 1.165) is 47.3 Å². The lowest BCUT2D eigenvalue weighted by atomic mass is 9.92. The Morgan fingerprint density at radius 2 is 2.23 bits per heavy atom. The van der Waals surface area contributed by atoms with Gasteiger partial charge < -0.3 is 20.8 Å². The SMILES string of the molecule is COc1ccc2cc(CNc3cnc4c(c3)CC(N)CC4)c(=O)[nH]c2c1. The molecule has 0 amide bonds.